The molecular formula is C20H16FN5O. The summed E-state index contributed by atoms with van der Waals surface area (Å²) in [6.07, 6.45) is 1.68. The van der Waals surface area contributed by atoms with Crippen LogP contribution < -0.4 is 5.32 Å². The number of aromatic hydroxyl groups is 1. The fraction of sp³-hybridized carbons (Fsp3) is 0.150. The first-order valence-electron chi connectivity index (χ1n) is 8.75. The number of anilines is 1. The molecule has 0 saturated carbocycles. The lowest BCUT2D eigenvalue weighted by molar-refractivity contribution is 0.469. The van der Waals surface area contributed by atoms with Crippen molar-refractivity contribution >= 4 is 11.5 Å². The molecule has 27 heavy (non-hydrogen) atoms. The van der Waals surface area contributed by atoms with Gasteiger partial charge in [-0.1, -0.05) is 24.3 Å². The summed E-state index contributed by atoms with van der Waals surface area (Å²) in [4.78, 5) is 0. The second kappa shape index (κ2) is 6.05. The first-order chi connectivity index (χ1) is 13.2. The zero-order valence-corrected chi connectivity index (χ0v) is 14.3. The predicted octanol–water partition coefficient (Wildman–Crippen LogP) is 3.74. The van der Waals surface area contributed by atoms with Crippen LogP contribution in [0, 0.1) is 5.82 Å². The summed E-state index contributed by atoms with van der Waals surface area (Å²) in [5.41, 5.74) is 2.96. The van der Waals surface area contributed by atoms with Gasteiger partial charge in [0.1, 0.15) is 17.4 Å². The molecule has 134 valence electrons. The fourth-order valence-electron chi connectivity index (χ4n) is 3.64. The molecule has 0 aliphatic heterocycles. The van der Waals surface area contributed by atoms with Gasteiger partial charge in [-0.2, -0.15) is 4.52 Å². The van der Waals surface area contributed by atoms with Crippen molar-refractivity contribution in [2.75, 3.05) is 5.32 Å². The third-order valence-electron chi connectivity index (χ3n) is 4.95. The molecule has 0 saturated heterocycles. The lowest BCUT2D eigenvalue weighted by Crippen LogP contribution is -2.10. The van der Waals surface area contributed by atoms with E-state index in [0.717, 1.165) is 24.0 Å². The summed E-state index contributed by atoms with van der Waals surface area (Å²) in [5.74, 6) is 0.963. The van der Waals surface area contributed by atoms with Crippen molar-refractivity contribution < 1.29 is 9.50 Å². The van der Waals surface area contributed by atoms with Crippen LogP contribution in [0.3, 0.4) is 0 Å². The van der Waals surface area contributed by atoms with Gasteiger partial charge in [0.15, 0.2) is 11.5 Å². The molecule has 2 aromatic heterocycles. The minimum atomic E-state index is -0.368. The van der Waals surface area contributed by atoms with Gasteiger partial charge in [0.2, 0.25) is 0 Å². The highest BCUT2D eigenvalue weighted by Crippen LogP contribution is 2.38. The van der Waals surface area contributed by atoms with Crippen LogP contribution in [0.4, 0.5) is 10.2 Å². The van der Waals surface area contributed by atoms with Crippen LogP contribution in [-0.4, -0.2) is 24.9 Å². The third-order valence-corrected chi connectivity index (χ3v) is 4.95. The molecule has 6 nitrogen and oxygen atoms in total. The molecule has 1 atom stereocenters. The molecule has 0 fully saturated rings. The van der Waals surface area contributed by atoms with Crippen LogP contribution in [0.25, 0.3) is 17.0 Å². The topological polar surface area (TPSA) is 75.3 Å². The van der Waals surface area contributed by atoms with Gasteiger partial charge in [-0.15, -0.1) is 15.3 Å². The molecule has 1 aliphatic carbocycles. The molecule has 0 spiro atoms. The van der Waals surface area contributed by atoms with E-state index in [0.29, 0.717) is 28.6 Å². The Balaban J connectivity index is 1.52. The smallest absolute Gasteiger partial charge is 0.188 e. The summed E-state index contributed by atoms with van der Waals surface area (Å²) in [6.45, 7) is 0. The highest BCUT2D eigenvalue weighted by molar-refractivity contribution is 5.60. The monoisotopic (exact) mass is 361 g/mol. The number of phenols is 1. The van der Waals surface area contributed by atoms with E-state index >= 15 is 0 Å². The maximum atomic E-state index is 14.2. The Morgan fingerprint density at radius 3 is 2.81 bits per heavy atom. The Morgan fingerprint density at radius 1 is 1.04 bits per heavy atom. The zero-order chi connectivity index (χ0) is 18.4. The molecule has 7 heteroatoms. The summed E-state index contributed by atoms with van der Waals surface area (Å²) in [5, 5.41) is 26.2. The van der Waals surface area contributed by atoms with Crippen LogP contribution in [0.15, 0.2) is 54.6 Å². The molecule has 1 aliphatic rings. The van der Waals surface area contributed by atoms with Gasteiger partial charge in [0, 0.05) is 0 Å². The van der Waals surface area contributed by atoms with Crippen molar-refractivity contribution in [3.63, 3.8) is 0 Å². The standard InChI is InChI=1S/C20H16FN5O/c21-15-6-2-1-4-14(15)20-24-23-19-11-10-18(25-26(19)20)22-16-9-8-13-12(16)5-3-7-17(13)27/h1-7,10-11,16,27H,8-9H2,(H,22,25). The highest BCUT2D eigenvalue weighted by Gasteiger charge is 2.25. The molecule has 1 unspecified atom stereocenters. The number of hydrogen-bond donors (Lipinski definition) is 2. The van der Waals surface area contributed by atoms with Crippen LogP contribution >= 0.6 is 0 Å². The zero-order valence-electron chi connectivity index (χ0n) is 14.3. The Bertz CT molecular complexity index is 1160. The summed E-state index contributed by atoms with van der Waals surface area (Å²) in [7, 11) is 0. The number of aromatic nitrogens is 4. The number of phenolic OH excluding ortho intramolecular Hbond substituents is 1. The Hall–Kier alpha value is -3.48. The lowest BCUT2D eigenvalue weighted by Gasteiger charge is -2.15. The van der Waals surface area contributed by atoms with E-state index < -0.39 is 0 Å². The van der Waals surface area contributed by atoms with Gasteiger partial charge in [-0.3, -0.25) is 0 Å². The van der Waals surface area contributed by atoms with E-state index in [9.17, 15) is 9.50 Å². The summed E-state index contributed by atoms with van der Waals surface area (Å²) in [6, 6.07) is 15.7. The van der Waals surface area contributed by atoms with Crippen LogP contribution in [0.2, 0.25) is 0 Å². The van der Waals surface area contributed by atoms with Crippen molar-refractivity contribution in [1.29, 1.82) is 0 Å². The fourth-order valence-corrected chi connectivity index (χ4v) is 3.64. The number of nitrogens with zero attached hydrogens (tertiary/aromatic N) is 4. The van der Waals surface area contributed by atoms with E-state index in [2.05, 4.69) is 20.6 Å². The van der Waals surface area contributed by atoms with E-state index in [1.165, 1.54) is 6.07 Å². The van der Waals surface area contributed by atoms with Crippen molar-refractivity contribution in [3.05, 3.63) is 71.5 Å². The van der Waals surface area contributed by atoms with Gasteiger partial charge < -0.3 is 10.4 Å². The third kappa shape index (κ3) is 2.59. The maximum absolute atomic E-state index is 14.2. The lowest BCUT2D eigenvalue weighted by atomic mass is 10.1. The SMILES string of the molecule is Oc1cccc2c1CCC2Nc1ccc2nnc(-c3ccccc3F)n2n1. The molecular weight excluding hydrogens is 345 g/mol. The van der Waals surface area contributed by atoms with Crippen molar-refractivity contribution in [1.82, 2.24) is 19.8 Å². The van der Waals surface area contributed by atoms with Crippen LogP contribution in [0.5, 0.6) is 5.75 Å². The minimum absolute atomic E-state index is 0.0606. The second-order valence-corrected chi connectivity index (χ2v) is 6.57. The van der Waals surface area contributed by atoms with Crippen LogP contribution in [-0.2, 0) is 6.42 Å². The van der Waals surface area contributed by atoms with E-state index in [1.807, 2.05) is 18.2 Å². The molecule has 2 N–H and O–H groups in total. The van der Waals surface area contributed by atoms with E-state index in [-0.39, 0.29) is 11.9 Å². The number of benzene rings is 2. The molecule has 0 bridgehead atoms. The number of nitrogens with one attached hydrogen (secondary N) is 1. The average Bonchev–Trinajstić information content (AvgIpc) is 3.27. The van der Waals surface area contributed by atoms with Gasteiger partial charge in [-0.05, 0) is 54.3 Å². The quantitative estimate of drug-likeness (QED) is 0.581. The van der Waals surface area contributed by atoms with Gasteiger partial charge in [0.25, 0.3) is 0 Å². The Kier molecular flexibility index (Phi) is 3.53. The molecule has 4 aromatic rings. The largest absolute Gasteiger partial charge is 0.508 e. The highest BCUT2D eigenvalue weighted by atomic mass is 19.1. The molecule has 2 aromatic carbocycles. The number of halogens is 1. The van der Waals surface area contributed by atoms with Gasteiger partial charge in [-0.25, -0.2) is 4.39 Å². The summed E-state index contributed by atoms with van der Waals surface area (Å²) < 4.78 is 15.7. The maximum Gasteiger partial charge on any atom is 0.188 e. The van der Waals surface area contributed by atoms with Crippen molar-refractivity contribution in [2.45, 2.75) is 18.9 Å². The molecule has 0 amide bonds. The van der Waals surface area contributed by atoms with E-state index in [1.54, 1.807) is 34.8 Å². The predicted molar refractivity (Wildman–Crippen MR) is 99.0 cm³/mol. The van der Waals surface area contributed by atoms with Crippen LogP contribution in [0.1, 0.15) is 23.6 Å². The molecule has 0 radical (unpaired) electrons. The van der Waals surface area contributed by atoms with Gasteiger partial charge in [0.05, 0.1) is 11.6 Å². The van der Waals surface area contributed by atoms with Crippen molar-refractivity contribution in [2.24, 2.45) is 0 Å². The van der Waals surface area contributed by atoms with Crippen molar-refractivity contribution in [3.8, 4) is 17.1 Å². The number of rotatable bonds is 3. The first kappa shape index (κ1) is 15.7. The Morgan fingerprint density at radius 2 is 1.93 bits per heavy atom. The average molecular weight is 361 g/mol. The Labute approximate surface area is 154 Å². The first-order valence-corrected chi connectivity index (χ1v) is 8.75. The number of fused-ring (bicyclic) bond motifs is 2. The molecule has 5 rings (SSSR count). The molecule has 2 heterocycles. The second-order valence-electron chi connectivity index (χ2n) is 6.57. The summed E-state index contributed by atoms with van der Waals surface area (Å²) >= 11 is 0. The minimum Gasteiger partial charge on any atom is -0.508 e. The van der Waals surface area contributed by atoms with E-state index in [4.69, 9.17) is 0 Å². The number of hydrogen-bond acceptors (Lipinski definition) is 5. The van der Waals surface area contributed by atoms with Gasteiger partial charge >= 0.3 is 0 Å². The normalized spacial score (nSPS) is 15.8.